The molecule has 2 amide bonds. The van der Waals surface area contributed by atoms with Gasteiger partial charge in [-0.3, -0.25) is 14.5 Å². The summed E-state index contributed by atoms with van der Waals surface area (Å²) in [4.78, 5) is 28.0. The predicted molar refractivity (Wildman–Crippen MR) is 142 cm³/mol. The number of halogens is 2. The molecule has 0 bridgehead atoms. The molecule has 37 heavy (non-hydrogen) atoms. The number of hydrogen-bond acceptors (Lipinski definition) is 2. The predicted octanol–water partition coefficient (Wildman–Crippen LogP) is 7.46. The van der Waals surface area contributed by atoms with Gasteiger partial charge in [-0.2, -0.15) is 0 Å². The third-order valence-corrected chi connectivity index (χ3v) is 6.92. The van der Waals surface area contributed by atoms with Crippen molar-refractivity contribution in [2.24, 2.45) is 0 Å². The Bertz CT molecular complexity index is 1560. The molecule has 0 atom stereocenters. The fourth-order valence-electron chi connectivity index (χ4n) is 4.89. The van der Waals surface area contributed by atoms with E-state index in [1.54, 1.807) is 32.0 Å². The molecule has 4 nitrogen and oxygen atoms in total. The molecule has 0 saturated heterocycles. The monoisotopic (exact) mass is 496 g/mol. The van der Waals surface area contributed by atoms with E-state index in [0.717, 1.165) is 28.3 Å². The van der Waals surface area contributed by atoms with Crippen LogP contribution < -0.4 is 10.2 Å². The summed E-state index contributed by atoms with van der Waals surface area (Å²) in [6, 6.07) is 22.3. The van der Waals surface area contributed by atoms with Gasteiger partial charge in [0.25, 0.3) is 5.91 Å². The minimum Gasteiger partial charge on any atom is -0.322 e. The van der Waals surface area contributed by atoms with Crippen molar-refractivity contribution in [2.75, 3.05) is 10.2 Å². The minimum absolute atomic E-state index is 0.129. The van der Waals surface area contributed by atoms with Gasteiger partial charge in [-0.05, 0) is 86.3 Å². The van der Waals surface area contributed by atoms with E-state index in [0.29, 0.717) is 22.5 Å². The average Bonchev–Trinajstić information content (AvgIpc) is 3.08. The Balaban J connectivity index is 1.60. The third-order valence-electron chi connectivity index (χ3n) is 6.92. The van der Waals surface area contributed by atoms with Crippen molar-refractivity contribution in [1.29, 1.82) is 0 Å². The highest BCUT2D eigenvalue weighted by atomic mass is 19.2. The average molecular weight is 497 g/mol. The quantitative estimate of drug-likeness (QED) is 0.319. The summed E-state index contributed by atoms with van der Waals surface area (Å²) < 4.78 is 28.8. The molecule has 1 N–H and O–H groups in total. The van der Waals surface area contributed by atoms with Crippen LogP contribution in [0.2, 0.25) is 0 Å². The van der Waals surface area contributed by atoms with Gasteiger partial charge < -0.3 is 5.32 Å². The lowest BCUT2D eigenvalue weighted by Gasteiger charge is -2.21. The van der Waals surface area contributed by atoms with Gasteiger partial charge >= 0.3 is 0 Å². The van der Waals surface area contributed by atoms with Crippen LogP contribution in [0.4, 0.5) is 25.8 Å². The van der Waals surface area contributed by atoms with E-state index < -0.39 is 17.0 Å². The number of amides is 2. The lowest BCUT2D eigenvalue weighted by molar-refractivity contribution is -0.121. The molecule has 6 heteroatoms. The number of hydrogen-bond donors (Lipinski definition) is 1. The number of carbonyl (C=O) groups excluding carboxylic acids is 2. The number of carbonyl (C=O) groups is 2. The first-order valence-electron chi connectivity index (χ1n) is 12.0. The molecule has 0 aliphatic carbocycles. The number of anilines is 3. The summed E-state index contributed by atoms with van der Waals surface area (Å²) in [6.07, 6.45) is 0. The summed E-state index contributed by atoms with van der Waals surface area (Å²) >= 11 is 0. The van der Waals surface area contributed by atoms with Gasteiger partial charge in [0.2, 0.25) is 5.91 Å². The van der Waals surface area contributed by atoms with Crippen LogP contribution in [0.3, 0.4) is 0 Å². The minimum atomic E-state index is -1.07. The number of rotatable bonds is 4. The van der Waals surface area contributed by atoms with Gasteiger partial charge in [-0.1, -0.05) is 48.0 Å². The van der Waals surface area contributed by atoms with E-state index in [4.69, 9.17) is 0 Å². The number of nitrogens with zero attached hydrogens (tertiary/aromatic N) is 1. The highest BCUT2D eigenvalue weighted by Crippen LogP contribution is 2.50. The molecule has 1 heterocycles. The van der Waals surface area contributed by atoms with Crippen LogP contribution in [-0.2, 0) is 10.2 Å². The van der Waals surface area contributed by atoms with Crippen LogP contribution >= 0.6 is 0 Å². The molecule has 0 spiro atoms. The van der Waals surface area contributed by atoms with Gasteiger partial charge in [0.05, 0.1) is 16.8 Å². The van der Waals surface area contributed by atoms with Crippen molar-refractivity contribution in [1.82, 2.24) is 0 Å². The van der Waals surface area contributed by atoms with Gasteiger partial charge in [0.15, 0.2) is 11.6 Å². The lowest BCUT2D eigenvalue weighted by Crippen LogP contribution is -2.33. The van der Waals surface area contributed by atoms with E-state index in [2.05, 4.69) is 5.32 Å². The van der Waals surface area contributed by atoms with Crippen LogP contribution in [0.15, 0.2) is 78.9 Å². The summed E-state index contributed by atoms with van der Waals surface area (Å²) in [5.41, 5.74) is 4.64. The number of benzene rings is 4. The van der Waals surface area contributed by atoms with E-state index in [1.807, 2.05) is 56.3 Å². The van der Waals surface area contributed by atoms with E-state index in [-0.39, 0.29) is 17.5 Å². The normalized spacial score (nSPS) is 14.0. The highest BCUT2D eigenvalue weighted by molar-refractivity contribution is 6.14. The summed E-state index contributed by atoms with van der Waals surface area (Å²) in [5.74, 6) is -2.69. The number of fused-ring (bicyclic) bond motifs is 1. The fourth-order valence-corrected chi connectivity index (χ4v) is 4.89. The highest BCUT2D eigenvalue weighted by Gasteiger charge is 2.47. The Kier molecular flexibility index (Phi) is 5.91. The summed E-state index contributed by atoms with van der Waals surface area (Å²) in [6.45, 7) is 7.39. The Morgan fingerprint density at radius 2 is 1.54 bits per heavy atom. The first-order chi connectivity index (χ1) is 17.6. The topological polar surface area (TPSA) is 49.4 Å². The molecular weight excluding hydrogens is 470 g/mol. The van der Waals surface area contributed by atoms with E-state index >= 15 is 0 Å². The largest absolute Gasteiger partial charge is 0.322 e. The third kappa shape index (κ3) is 4.08. The van der Waals surface area contributed by atoms with Gasteiger partial charge in [-0.15, -0.1) is 0 Å². The maximum atomic E-state index is 14.8. The lowest BCUT2D eigenvalue weighted by atomic mass is 9.81. The molecule has 0 fully saturated rings. The van der Waals surface area contributed by atoms with Crippen LogP contribution in [-0.4, -0.2) is 11.8 Å². The SMILES string of the molecule is Cc1ccc(NC(=O)c2cc(-c3cccc4c3C(C)(C)C(=O)N4c3cccc(F)c3F)ccc2C)cc1. The molecule has 5 rings (SSSR count). The zero-order valence-electron chi connectivity index (χ0n) is 21.0. The molecule has 0 radical (unpaired) electrons. The summed E-state index contributed by atoms with van der Waals surface area (Å²) in [5, 5.41) is 2.94. The van der Waals surface area contributed by atoms with Crippen molar-refractivity contribution >= 4 is 28.9 Å². The smallest absolute Gasteiger partial charge is 0.255 e. The zero-order chi connectivity index (χ0) is 26.5. The Labute approximate surface area is 214 Å². The van der Waals surface area contributed by atoms with Crippen LogP contribution in [0, 0.1) is 25.5 Å². The number of aryl methyl sites for hydroxylation is 2. The van der Waals surface area contributed by atoms with Crippen molar-refractivity contribution < 1.29 is 18.4 Å². The summed E-state index contributed by atoms with van der Waals surface area (Å²) in [7, 11) is 0. The first-order valence-corrected chi connectivity index (χ1v) is 12.0. The maximum absolute atomic E-state index is 14.8. The molecule has 1 aliphatic rings. The van der Waals surface area contributed by atoms with Crippen LogP contribution in [0.25, 0.3) is 11.1 Å². The van der Waals surface area contributed by atoms with Crippen LogP contribution in [0.5, 0.6) is 0 Å². The number of nitrogens with one attached hydrogen (secondary N) is 1. The second-order valence-electron chi connectivity index (χ2n) is 9.89. The molecule has 0 aromatic heterocycles. The van der Waals surface area contributed by atoms with Crippen molar-refractivity contribution in [2.45, 2.75) is 33.1 Å². The standard InChI is InChI=1S/C31H26F2N2O2/c1-18-11-15-21(16-12-18)34-29(36)23-17-20(14-13-19(23)2)22-7-5-9-25-27(22)31(3,4)30(37)35(25)26-10-6-8-24(32)28(26)33/h5-17H,1-4H3,(H,34,36). The molecule has 186 valence electrons. The van der Waals surface area contributed by atoms with Gasteiger partial charge in [0, 0.05) is 11.3 Å². The van der Waals surface area contributed by atoms with Crippen LogP contribution in [0.1, 0.15) is 40.9 Å². The molecular formula is C31H26F2N2O2. The van der Waals surface area contributed by atoms with Crippen molar-refractivity contribution in [3.8, 4) is 11.1 Å². The molecule has 4 aromatic carbocycles. The molecule has 1 aliphatic heterocycles. The Morgan fingerprint density at radius 1 is 0.865 bits per heavy atom. The fraction of sp³-hybridized carbons (Fsp3) is 0.161. The second kappa shape index (κ2) is 8.96. The van der Waals surface area contributed by atoms with Crippen molar-refractivity contribution in [3.05, 3.63) is 113 Å². The second-order valence-corrected chi connectivity index (χ2v) is 9.89. The molecule has 0 saturated carbocycles. The van der Waals surface area contributed by atoms with E-state index in [1.165, 1.54) is 17.0 Å². The Morgan fingerprint density at radius 3 is 2.27 bits per heavy atom. The van der Waals surface area contributed by atoms with Gasteiger partial charge in [0.1, 0.15) is 0 Å². The van der Waals surface area contributed by atoms with Gasteiger partial charge in [-0.25, -0.2) is 8.78 Å². The Hall–Kier alpha value is -4.32. The maximum Gasteiger partial charge on any atom is 0.255 e. The zero-order valence-corrected chi connectivity index (χ0v) is 21.0. The molecule has 0 unspecified atom stereocenters. The molecule has 4 aromatic rings. The van der Waals surface area contributed by atoms with Crippen molar-refractivity contribution in [3.63, 3.8) is 0 Å². The van der Waals surface area contributed by atoms with E-state index in [9.17, 15) is 18.4 Å². The first kappa shape index (κ1) is 24.4.